The summed E-state index contributed by atoms with van der Waals surface area (Å²) < 4.78 is 1.45. The number of rotatable bonds is 6. The minimum Gasteiger partial charge on any atom is -0.341 e. The van der Waals surface area contributed by atoms with Crippen LogP contribution in [0.3, 0.4) is 0 Å². The van der Waals surface area contributed by atoms with E-state index in [9.17, 15) is 4.79 Å². The van der Waals surface area contributed by atoms with Crippen LogP contribution in [0.15, 0.2) is 59.8 Å². The lowest BCUT2D eigenvalue weighted by molar-refractivity contribution is -0.127. The summed E-state index contributed by atoms with van der Waals surface area (Å²) >= 11 is 1.29. The molecule has 0 atom stereocenters. The summed E-state index contributed by atoms with van der Waals surface area (Å²) in [6.45, 7) is 7.09. The molecule has 2 N–H and O–H groups in total. The van der Waals surface area contributed by atoms with E-state index in [1.165, 1.54) is 22.0 Å². The smallest absolute Gasteiger partial charge is 0.233 e. The molecular formula is C22H27N5OS. The number of nitrogens with zero attached hydrogens (tertiary/aromatic N) is 4. The Morgan fingerprint density at radius 2 is 1.72 bits per heavy atom. The number of nitrogens with two attached hydrogens (primary N) is 1. The summed E-state index contributed by atoms with van der Waals surface area (Å²) in [5, 5.41) is 8.88. The first-order valence-corrected chi connectivity index (χ1v) is 10.5. The molecule has 29 heavy (non-hydrogen) atoms. The van der Waals surface area contributed by atoms with E-state index < -0.39 is 0 Å². The Morgan fingerprint density at radius 1 is 1.07 bits per heavy atom. The Bertz CT molecular complexity index is 961. The van der Waals surface area contributed by atoms with Crippen LogP contribution in [0, 0.1) is 0 Å². The van der Waals surface area contributed by atoms with Crippen LogP contribution in [-0.4, -0.2) is 38.5 Å². The van der Waals surface area contributed by atoms with Gasteiger partial charge in [0, 0.05) is 19.2 Å². The minimum absolute atomic E-state index is 0.0120. The van der Waals surface area contributed by atoms with Gasteiger partial charge in [0.2, 0.25) is 11.1 Å². The van der Waals surface area contributed by atoms with Crippen molar-refractivity contribution in [2.24, 2.45) is 0 Å². The quantitative estimate of drug-likeness (QED) is 0.496. The maximum absolute atomic E-state index is 12.4. The number of thioether (sulfide) groups is 1. The molecule has 6 nitrogen and oxygen atoms in total. The van der Waals surface area contributed by atoms with Gasteiger partial charge in [0.15, 0.2) is 5.82 Å². The summed E-state index contributed by atoms with van der Waals surface area (Å²) in [6.07, 6.45) is 0. The zero-order chi connectivity index (χ0) is 21.0. The van der Waals surface area contributed by atoms with Crippen LogP contribution in [0.25, 0.3) is 11.4 Å². The molecule has 0 spiro atoms. The topological polar surface area (TPSA) is 77.0 Å². The summed E-state index contributed by atoms with van der Waals surface area (Å²) in [4.78, 5) is 14.1. The number of hydrogen-bond acceptors (Lipinski definition) is 5. The largest absolute Gasteiger partial charge is 0.341 e. The molecule has 0 fully saturated rings. The Morgan fingerprint density at radius 3 is 2.34 bits per heavy atom. The van der Waals surface area contributed by atoms with Crippen LogP contribution in [0.2, 0.25) is 0 Å². The first kappa shape index (κ1) is 20.9. The van der Waals surface area contributed by atoms with Crippen molar-refractivity contribution in [1.82, 2.24) is 19.8 Å². The van der Waals surface area contributed by atoms with Gasteiger partial charge < -0.3 is 10.7 Å². The first-order valence-electron chi connectivity index (χ1n) is 9.48. The second kappa shape index (κ2) is 8.69. The Kier molecular flexibility index (Phi) is 6.27. The number of aromatic nitrogens is 3. The summed E-state index contributed by atoms with van der Waals surface area (Å²) in [5.74, 6) is 7.04. The lowest BCUT2D eigenvalue weighted by Crippen LogP contribution is -2.28. The van der Waals surface area contributed by atoms with Crippen molar-refractivity contribution in [3.05, 3.63) is 65.7 Å². The van der Waals surface area contributed by atoms with Crippen LogP contribution in [0.4, 0.5) is 0 Å². The summed E-state index contributed by atoms with van der Waals surface area (Å²) in [7, 11) is 1.80. The molecule has 3 aromatic rings. The molecule has 0 aliphatic heterocycles. The molecule has 3 rings (SSSR count). The molecule has 2 aromatic carbocycles. The number of carbonyl (C=O) groups is 1. The summed E-state index contributed by atoms with van der Waals surface area (Å²) in [6, 6.07) is 18.1. The number of carbonyl (C=O) groups excluding carboxylic acids is 1. The second-order valence-corrected chi connectivity index (χ2v) is 8.97. The molecule has 7 heteroatoms. The van der Waals surface area contributed by atoms with Crippen molar-refractivity contribution in [3.8, 4) is 11.4 Å². The number of amides is 1. The highest BCUT2D eigenvalue weighted by molar-refractivity contribution is 7.99. The molecule has 0 radical (unpaired) electrons. The number of nitrogen functional groups attached to an aromatic ring is 1. The third-order valence-electron chi connectivity index (χ3n) is 4.69. The number of hydrogen-bond donors (Lipinski definition) is 1. The molecule has 1 amide bonds. The van der Waals surface area contributed by atoms with Crippen molar-refractivity contribution in [2.45, 2.75) is 37.9 Å². The van der Waals surface area contributed by atoms with Crippen LogP contribution in [0.5, 0.6) is 0 Å². The molecule has 1 heterocycles. The SMILES string of the molecule is CN(Cc1ccccc1)C(=O)CSc1nnc(-c2ccc(C(C)(C)C)cc2)n1N. The fraction of sp³-hybridized carbons (Fsp3) is 0.318. The van der Waals surface area contributed by atoms with Gasteiger partial charge in [0.25, 0.3) is 0 Å². The molecule has 0 aliphatic rings. The Balaban J connectivity index is 1.63. The average molecular weight is 410 g/mol. The van der Waals surface area contributed by atoms with Gasteiger partial charge in [0.05, 0.1) is 5.75 Å². The van der Waals surface area contributed by atoms with Gasteiger partial charge in [-0.25, -0.2) is 4.68 Å². The van der Waals surface area contributed by atoms with E-state index in [4.69, 9.17) is 5.84 Å². The van der Waals surface area contributed by atoms with Gasteiger partial charge in [-0.05, 0) is 16.5 Å². The van der Waals surface area contributed by atoms with Gasteiger partial charge in [-0.2, -0.15) is 0 Å². The van der Waals surface area contributed by atoms with Crippen molar-refractivity contribution in [2.75, 3.05) is 18.6 Å². The van der Waals surface area contributed by atoms with Crippen LogP contribution < -0.4 is 5.84 Å². The zero-order valence-electron chi connectivity index (χ0n) is 17.3. The normalized spacial score (nSPS) is 11.4. The third kappa shape index (κ3) is 5.17. The van der Waals surface area contributed by atoms with Crippen LogP contribution in [-0.2, 0) is 16.8 Å². The molecule has 1 aromatic heterocycles. The maximum atomic E-state index is 12.4. The van der Waals surface area contributed by atoms with Crippen molar-refractivity contribution < 1.29 is 4.79 Å². The minimum atomic E-state index is 0.0120. The van der Waals surface area contributed by atoms with Crippen molar-refractivity contribution in [1.29, 1.82) is 0 Å². The number of benzene rings is 2. The maximum Gasteiger partial charge on any atom is 0.233 e. The molecule has 0 bridgehead atoms. The van der Waals surface area contributed by atoms with Crippen molar-refractivity contribution in [3.63, 3.8) is 0 Å². The predicted molar refractivity (Wildman–Crippen MR) is 118 cm³/mol. The van der Waals surface area contributed by atoms with E-state index in [0.29, 0.717) is 17.5 Å². The van der Waals surface area contributed by atoms with Crippen LogP contribution >= 0.6 is 11.8 Å². The Labute approximate surface area is 176 Å². The van der Waals surface area contributed by atoms with Crippen molar-refractivity contribution >= 4 is 17.7 Å². The third-order valence-corrected chi connectivity index (χ3v) is 5.61. The van der Waals surface area contributed by atoms with E-state index in [1.807, 2.05) is 42.5 Å². The summed E-state index contributed by atoms with van der Waals surface area (Å²) in [5.41, 5.74) is 3.32. The monoisotopic (exact) mass is 409 g/mol. The van der Waals surface area contributed by atoms with Gasteiger partial charge in [0.1, 0.15) is 0 Å². The lowest BCUT2D eigenvalue weighted by Gasteiger charge is -2.19. The van der Waals surface area contributed by atoms with E-state index in [0.717, 1.165) is 11.1 Å². The second-order valence-electron chi connectivity index (χ2n) is 8.03. The molecule has 0 aliphatic carbocycles. The molecular weight excluding hydrogens is 382 g/mol. The zero-order valence-corrected chi connectivity index (χ0v) is 18.1. The fourth-order valence-corrected chi connectivity index (χ4v) is 3.67. The highest BCUT2D eigenvalue weighted by Gasteiger charge is 2.17. The highest BCUT2D eigenvalue weighted by atomic mass is 32.2. The molecule has 152 valence electrons. The van der Waals surface area contributed by atoms with Gasteiger partial charge >= 0.3 is 0 Å². The first-order chi connectivity index (χ1) is 13.8. The van der Waals surface area contributed by atoms with E-state index in [-0.39, 0.29) is 17.1 Å². The van der Waals surface area contributed by atoms with Gasteiger partial charge in [-0.15, -0.1) is 10.2 Å². The predicted octanol–water partition coefficient (Wildman–Crippen LogP) is 3.71. The molecule has 0 unspecified atom stereocenters. The van der Waals surface area contributed by atoms with E-state index >= 15 is 0 Å². The Hall–Kier alpha value is -2.80. The van der Waals surface area contributed by atoms with Gasteiger partial charge in [-0.1, -0.05) is 87.1 Å². The lowest BCUT2D eigenvalue weighted by atomic mass is 9.87. The van der Waals surface area contributed by atoms with Crippen LogP contribution in [0.1, 0.15) is 31.9 Å². The molecule has 0 saturated heterocycles. The highest BCUT2D eigenvalue weighted by Crippen LogP contribution is 2.26. The van der Waals surface area contributed by atoms with E-state index in [2.05, 4.69) is 43.1 Å². The average Bonchev–Trinajstić information content (AvgIpc) is 3.06. The van der Waals surface area contributed by atoms with Gasteiger partial charge in [-0.3, -0.25) is 4.79 Å². The molecule has 0 saturated carbocycles. The van der Waals surface area contributed by atoms with E-state index in [1.54, 1.807) is 11.9 Å². The standard InChI is InChI=1S/C22H27N5OS/c1-22(2,3)18-12-10-17(11-13-18)20-24-25-21(27(20)23)29-15-19(28)26(4)14-16-8-6-5-7-9-16/h5-13H,14-15,23H2,1-4H3. The fourth-order valence-electron chi connectivity index (χ4n) is 2.87.